The smallest absolute Gasteiger partial charge is 0.422 e. The number of likely N-dealkylation sites (N-methyl/N-ethyl adjacent to an activating group) is 1. The van der Waals surface area contributed by atoms with Crippen LogP contribution in [0, 0.1) is 11.3 Å². The van der Waals surface area contributed by atoms with Gasteiger partial charge >= 0.3 is 11.8 Å². The number of oxazole rings is 1. The van der Waals surface area contributed by atoms with E-state index in [-0.39, 0.29) is 18.4 Å². The quantitative estimate of drug-likeness (QED) is 0.253. The summed E-state index contributed by atoms with van der Waals surface area (Å²) in [6.07, 6.45) is 8.49. The Labute approximate surface area is 283 Å². The third kappa shape index (κ3) is 6.35. The molecule has 0 radical (unpaired) electrons. The molecule has 3 aliphatic heterocycles. The summed E-state index contributed by atoms with van der Waals surface area (Å²) < 4.78 is 12.3. The number of rotatable bonds is 8. The van der Waals surface area contributed by atoms with Gasteiger partial charge in [-0.3, -0.25) is 9.36 Å². The van der Waals surface area contributed by atoms with E-state index in [1.807, 2.05) is 12.1 Å². The summed E-state index contributed by atoms with van der Waals surface area (Å²) in [7, 11) is 2.12. The number of halogens is 1. The first-order valence-electron chi connectivity index (χ1n) is 16.3. The Hall–Kier alpha value is -4.86. The average molecular weight is 669 g/mol. The number of hydrogen-bond acceptors (Lipinski definition) is 10. The lowest BCUT2D eigenvalue weighted by atomic mass is 10.0. The Morgan fingerprint density at radius 3 is 2.75 bits per heavy atom. The minimum Gasteiger partial charge on any atom is -0.462 e. The van der Waals surface area contributed by atoms with Gasteiger partial charge in [0.1, 0.15) is 18.7 Å². The van der Waals surface area contributed by atoms with E-state index in [1.54, 1.807) is 4.90 Å². The summed E-state index contributed by atoms with van der Waals surface area (Å²) in [6, 6.07) is 14.7. The lowest BCUT2D eigenvalue weighted by molar-refractivity contribution is -0.128. The zero-order chi connectivity index (χ0) is 33.2. The number of nitrogens with zero attached hydrogens (tertiary/aromatic N) is 8. The number of piperazine rings is 1. The number of amides is 1. The number of carbonyl (C=O) groups is 1. The molecule has 1 amide bonds. The highest BCUT2D eigenvalue weighted by Gasteiger charge is 2.34. The lowest BCUT2D eigenvalue weighted by Crippen LogP contribution is -2.55. The van der Waals surface area contributed by atoms with Gasteiger partial charge in [0.25, 0.3) is 0 Å². The Bertz CT molecular complexity index is 1950. The highest BCUT2D eigenvalue weighted by atomic mass is 35.5. The second kappa shape index (κ2) is 13.7. The third-order valence-corrected chi connectivity index (χ3v) is 9.96. The SMILES string of the molecule is CN1CCC[C@H]1COc1nc2c(c(N3CCN(C(=O)/C=C/n4ccoc4=O)[C@@H](CC#N)C3)n1)CCN(c1cccc3cccc(Cl)c13)C2. The van der Waals surface area contributed by atoms with E-state index in [0.29, 0.717) is 56.3 Å². The number of ether oxygens (including phenoxy) is 1. The van der Waals surface area contributed by atoms with Crippen LogP contribution in [0.3, 0.4) is 0 Å². The van der Waals surface area contributed by atoms with Crippen LogP contribution < -0.4 is 20.3 Å². The van der Waals surface area contributed by atoms with E-state index in [1.165, 1.54) is 29.3 Å². The Balaban J connectivity index is 1.18. The van der Waals surface area contributed by atoms with Gasteiger partial charge in [0.05, 0.1) is 42.0 Å². The highest BCUT2D eigenvalue weighted by Crippen LogP contribution is 2.37. The van der Waals surface area contributed by atoms with Crippen LogP contribution in [-0.2, 0) is 17.8 Å². The molecular weight excluding hydrogens is 632 g/mol. The van der Waals surface area contributed by atoms with E-state index in [4.69, 9.17) is 30.7 Å². The van der Waals surface area contributed by atoms with Gasteiger partial charge in [0.15, 0.2) is 0 Å². The monoisotopic (exact) mass is 668 g/mol. The van der Waals surface area contributed by atoms with Crippen LogP contribution in [0.2, 0.25) is 5.02 Å². The predicted molar refractivity (Wildman–Crippen MR) is 183 cm³/mol. The van der Waals surface area contributed by atoms with Crippen molar-refractivity contribution < 1.29 is 13.9 Å². The molecule has 2 atom stereocenters. The van der Waals surface area contributed by atoms with Crippen molar-refractivity contribution >= 4 is 46.0 Å². The van der Waals surface area contributed by atoms with E-state index >= 15 is 0 Å². The van der Waals surface area contributed by atoms with Crippen molar-refractivity contribution in [1.29, 1.82) is 5.26 Å². The van der Waals surface area contributed by atoms with Crippen molar-refractivity contribution in [2.75, 3.05) is 56.2 Å². The molecule has 2 aromatic heterocycles. The molecule has 0 unspecified atom stereocenters. The molecule has 248 valence electrons. The summed E-state index contributed by atoms with van der Waals surface area (Å²) in [5.74, 6) is -0.0617. The molecule has 3 aliphatic rings. The number of hydrogen-bond donors (Lipinski definition) is 0. The zero-order valence-corrected chi connectivity index (χ0v) is 27.6. The fourth-order valence-corrected chi connectivity index (χ4v) is 7.34. The Morgan fingerprint density at radius 1 is 1.12 bits per heavy atom. The normalized spacial score (nSPS) is 20.0. The van der Waals surface area contributed by atoms with Crippen LogP contribution in [0.5, 0.6) is 6.01 Å². The molecule has 0 saturated carbocycles. The molecule has 2 saturated heterocycles. The minimum absolute atomic E-state index is 0.155. The van der Waals surface area contributed by atoms with Gasteiger partial charge in [-0.15, -0.1) is 0 Å². The molecule has 0 aliphatic carbocycles. The maximum absolute atomic E-state index is 13.2. The summed E-state index contributed by atoms with van der Waals surface area (Å²) in [5, 5.41) is 12.5. The first-order valence-corrected chi connectivity index (χ1v) is 16.7. The molecule has 0 N–H and O–H groups in total. The molecule has 48 heavy (non-hydrogen) atoms. The maximum atomic E-state index is 13.2. The molecule has 13 heteroatoms. The summed E-state index contributed by atoms with van der Waals surface area (Å²) >= 11 is 6.72. The average Bonchev–Trinajstić information content (AvgIpc) is 3.72. The van der Waals surface area contributed by atoms with Crippen LogP contribution >= 0.6 is 11.6 Å². The standard InChI is InChI=1S/C35H37ClN8O4/c1-40-14-4-7-26(40)23-48-34-38-29-22-42(30-9-3-6-24-5-2-8-28(36)32(24)30)15-11-27(29)33(39-34)43-17-18-44(25(21-43)10-13-37)31(45)12-16-41-19-20-47-35(41)46/h2-3,5-6,8-9,12,16,19-20,25-26H,4,7,10-11,14-15,17-18,21-23H2,1H3/b16-12+/t25-,26-/m0/s1. The molecule has 0 spiro atoms. The second-order valence-corrected chi connectivity index (χ2v) is 12.9. The number of likely N-dealkylation sites (tertiary alicyclic amines) is 1. The Kier molecular flexibility index (Phi) is 9.06. The lowest BCUT2D eigenvalue weighted by Gasteiger charge is -2.42. The first-order chi connectivity index (χ1) is 23.4. The summed E-state index contributed by atoms with van der Waals surface area (Å²) in [6.45, 7) is 4.19. The molecule has 2 fully saturated rings. The van der Waals surface area contributed by atoms with Gasteiger partial charge in [-0.1, -0.05) is 35.9 Å². The third-order valence-electron chi connectivity index (χ3n) is 9.64. The van der Waals surface area contributed by atoms with E-state index < -0.39 is 5.76 Å². The van der Waals surface area contributed by atoms with Gasteiger partial charge in [-0.05, 0) is 50.4 Å². The van der Waals surface area contributed by atoms with Gasteiger partial charge in [0, 0.05) is 61.1 Å². The molecule has 4 aromatic rings. The van der Waals surface area contributed by atoms with Crippen LogP contribution in [0.1, 0.15) is 30.5 Å². The summed E-state index contributed by atoms with van der Waals surface area (Å²) in [5.41, 5.74) is 3.01. The van der Waals surface area contributed by atoms with Crippen molar-refractivity contribution in [2.45, 2.75) is 44.3 Å². The van der Waals surface area contributed by atoms with E-state index in [9.17, 15) is 14.9 Å². The van der Waals surface area contributed by atoms with Gasteiger partial charge in [-0.25, -0.2) is 4.79 Å². The van der Waals surface area contributed by atoms with Crippen molar-refractivity contribution in [3.63, 3.8) is 0 Å². The van der Waals surface area contributed by atoms with Gasteiger partial charge < -0.3 is 28.8 Å². The number of nitriles is 1. The summed E-state index contributed by atoms with van der Waals surface area (Å²) in [4.78, 5) is 43.4. The van der Waals surface area contributed by atoms with Crippen molar-refractivity contribution in [1.82, 2.24) is 24.3 Å². The van der Waals surface area contributed by atoms with Crippen LogP contribution in [0.15, 0.2) is 64.1 Å². The number of fused-ring (bicyclic) bond motifs is 2. The fraction of sp³-hybridized carbons (Fsp3) is 0.400. The molecular formula is C35H37ClN8O4. The largest absolute Gasteiger partial charge is 0.462 e. The van der Waals surface area contributed by atoms with Crippen LogP contribution in [0.4, 0.5) is 11.5 Å². The van der Waals surface area contributed by atoms with Crippen molar-refractivity contribution in [3.05, 3.63) is 81.8 Å². The molecule has 2 aromatic carbocycles. The minimum atomic E-state index is -0.578. The van der Waals surface area contributed by atoms with E-state index in [0.717, 1.165) is 59.5 Å². The van der Waals surface area contributed by atoms with Gasteiger partial charge in [-0.2, -0.15) is 15.2 Å². The molecule has 12 nitrogen and oxygen atoms in total. The van der Waals surface area contributed by atoms with Crippen molar-refractivity contribution in [3.8, 4) is 12.1 Å². The molecule has 7 rings (SSSR count). The zero-order valence-electron chi connectivity index (χ0n) is 26.8. The van der Waals surface area contributed by atoms with Crippen LogP contribution in [0.25, 0.3) is 17.0 Å². The topological polar surface area (TPSA) is 124 Å². The highest BCUT2D eigenvalue weighted by molar-refractivity contribution is 6.36. The molecule has 5 heterocycles. The molecule has 0 bridgehead atoms. The van der Waals surface area contributed by atoms with Crippen LogP contribution in [-0.4, -0.2) is 88.7 Å². The van der Waals surface area contributed by atoms with Gasteiger partial charge in [0.2, 0.25) is 5.91 Å². The Morgan fingerprint density at radius 2 is 1.98 bits per heavy atom. The predicted octanol–water partition coefficient (Wildman–Crippen LogP) is 4.18. The van der Waals surface area contributed by atoms with Crippen molar-refractivity contribution in [2.24, 2.45) is 0 Å². The number of carbonyl (C=O) groups excluding carboxylic acids is 1. The fourth-order valence-electron chi connectivity index (χ4n) is 7.06. The number of aromatic nitrogens is 3. The second-order valence-electron chi connectivity index (χ2n) is 12.5. The number of anilines is 2. The first kappa shape index (κ1) is 31.7. The maximum Gasteiger partial charge on any atom is 0.422 e. The van der Waals surface area contributed by atoms with E-state index in [2.05, 4.69) is 52.1 Å². The number of benzene rings is 2.